The van der Waals surface area contributed by atoms with E-state index in [4.69, 9.17) is 14.2 Å². The van der Waals surface area contributed by atoms with Gasteiger partial charge in [-0.1, -0.05) is 25.1 Å². The smallest absolute Gasteiger partial charge is 0.259 e. The van der Waals surface area contributed by atoms with Gasteiger partial charge in [0.05, 0.1) is 26.3 Å². The number of hydrogen-bond donors (Lipinski definition) is 1. The highest BCUT2D eigenvalue weighted by Gasteiger charge is 2.34. The number of carbonyl (C=O) groups is 2. The second-order valence-electron chi connectivity index (χ2n) is 8.61. The fourth-order valence-electron chi connectivity index (χ4n) is 3.96. The Morgan fingerprint density at radius 1 is 1.32 bits per heavy atom. The van der Waals surface area contributed by atoms with Crippen LogP contribution in [0.25, 0.3) is 11.1 Å². The number of pyridine rings is 1. The number of ether oxygens (including phenoxy) is 3. The SMILES string of the molecule is COCC(=O)N(C)C[C@@H]1Oc2ncc(-c3ccccc3OC)cc2C(=O)N([C@@H](C)CO)C[C@H]1C. The molecule has 184 valence electrons. The zero-order valence-electron chi connectivity index (χ0n) is 20.4. The van der Waals surface area contributed by atoms with Crippen molar-refractivity contribution in [2.75, 3.05) is 47.6 Å². The zero-order valence-corrected chi connectivity index (χ0v) is 20.4. The molecule has 1 aromatic heterocycles. The number of nitrogens with zero attached hydrogens (tertiary/aromatic N) is 3. The van der Waals surface area contributed by atoms with Gasteiger partial charge in [-0.3, -0.25) is 9.59 Å². The molecular weight excluding hydrogens is 438 g/mol. The van der Waals surface area contributed by atoms with Crippen molar-refractivity contribution in [3.63, 3.8) is 0 Å². The van der Waals surface area contributed by atoms with E-state index in [-0.39, 0.29) is 36.8 Å². The molecule has 2 heterocycles. The Morgan fingerprint density at radius 2 is 2.06 bits per heavy atom. The van der Waals surface area contributed by atoms with Crippen molar-refractivity contribution in [3.05, 3.63) is 42.1 Å². The van der Waals surface area contributed by atoms with Crippen LogP contribution in [-0.2, 0) is 9.53 Å². The number of methoxy groups -OCH3 is 2. The average Bonchev–Trinajstić information content (AvgIpc) is 2.85. The van der Waals surface area contributed by atoms with Crippen molar-refractivity contribution in [1.29, 1.82) is 0 Å². The molecule has 9 nitrogen and oxygen atoms in total. The first kappa shape index (κ1) is 25.5. The van der Waals surface area contributed by atoms with Gasteiger partial charge < -0.3 is 29.1 Å². The van der Waals surface area contributed by atoms with Crippen LogP contribution in [0.1, 0.15) is 24.2 Å². The van der Waals surface area contributed by atoms with Crippen LogP contribution in [0.3, 0.4) is 0 Å². The topological polar surface area (TPSA) is 101 Å². The van der Waals surface area contributed by atoms with E-state index in [1.54, 1.807) is 43.1 Å². The molecule has 1 aromatic carbocycles. The lowest BCUT2D eigenvalue weighted by Crippen LogP contribution is -2.50. The molecule has 0 fully saturated rings. The summed E-state index contributed by atoms with van der Waals surface area (Å²) in [6.45, 7) is 4.21. The molecule has 3 atom stereocenters. The van der Waals surface area contributed by atoms with Crippen LogP contribution >= 0.6 is 0 Å². The van der Waals surface area contributed by atoms with Gasteiger partial charge in [0.2, 0.25) is 11.8 Å². The maximum absolute atomic E-state index is 13.6. The van der Waals surface area contributed by atoms with Gasteiger partial charge in [0.15, 0.2) is 0 Å². The van der Waals surface area contributed by atoms with Gasteiger partial charge in [-0.05, 0) is 19.1 Å². The Labute approximate surface area is 200 Å². The number of aliphatic hydroxyl groups excluding tert-OH is 1. The minimum Gasteiger partial charge on any atom is -0.496 e. The second-order valence-corrected chi connectivity index (χ2v) is 8.61. The summed E-state index contributed by atoms with van der Waals surface area (Å²) in [5.74, 6) is 0.294. The van der Waals surface area contributed by atoms with E-state index in [0.29, 0.717) is 30.0 Å². The standard InChI is InChI=1S/C25H33N3O6/c1-16-12-28(17(2)14-29)25(31)20-10-18(19-8-6-7-9-21(19)33-5)11-26-24(20)34-22(16)13-27(3)23(30)15-32-4/h6-11,16-17,22,29H,12-15H2,1-5H3/t16-,17+,22+/m1/s1. The lowest BCUT2D eigenvalue weighted by molar-refractivity contribution is -0.135. The number of benzene rings is 1. The number of fused-ring (bicyclic) bond motifs is 1. The van der Waals surface area contributed by atoms with Gasteiger partial charge >= 0.3 is 0 Å². The number of rotatable bonds is 8. The fraction of sp³-hybridized carbons (Fsp3) is 0.480. The van der Waals surface area contributed by atoms with Crippen LogP contribution in [0.2, 0.25) is 0 Å². The van der Waals surface area contributed by atoms with E-state index >= 15 is 0 Å². The quantitative estimate of drug-likeness (QED) is 0.629. The number of para-hydroxylation sites is 1. The third kappa shape index (κ3) is 5.48. The molecule has 0 spiro atoms. The van der Waals surface area contributed by atoms with Crippen molar-refractivity contribution in [3.8, 4) is 22.8 Å². The molecule has 1 aliphatic rings. The number of amides is 2. The van der Waals surface area contributed by atoms with Crippen molar-refractivity contribution in [2.45, 2.75) is 26.0 Å². The van der Waals surface area contributed by atoms with Gasteiger partial charge in [-0.15, -0.1) is 0 Å². The predicted octanol–water partition coefficient (Wildman–Crippen LogP) is 2.08. The summed E-state index contributed by atoms with van der Waals surface area (Å²) in [6, 6.07) is 8.84. The summed E-state index contributed by atoms with van der Waals surface area (Å²) >= 11 is 0. The van der Waals surface area contributed by atoms with Crippen LogP contribution in [0.4, 0.5) is 0 Å². The molecule has 9 heteroatoms. The largest absolute Gasteiger partial charge is 0.496 e. The Hall–Kier alpha value is -3.17. The first-order valence-corrected chi connectivity index (χ1v) is 11.3. The highest BCUT2D eigenvalue weighted by molar-refractivity contribution is 5.98. The van der Waals surface area contributed by atoms with E-state index in [0.717, 1.165) is 5.56 Å². The Bertz CT molecular complexity index is 1010. The van der Waals surface area contributed by atoms with E-state index in [1.165, 1.54) is 7.11 Å². The van der Waals surface area contributed by atoms with E-state index in [1.807, 2.05) is 31.2 Å². The molecule has 0 aliphatic carbocycles. The third-order valence-electron chi connectivity index (χ3n) is 6.09. The van der Waals surface area contributed by atoms with Crippen LogP contribution in [0.5, 0.6) is 11.6 Å². The molecule has 1 N–H and O–H groups in total. The number of likely N-dealkylation sites (N-methyl/N-ethyl adjacent to an activating group) is 1. The van der Waals surface area contributed by atoms with Crippen molar-refractivity contribution in [1.82, 2.24) is 14.8 Å². The molecule has 3 rings (SSSR count). The van der Waals surface area contributed by atoms with E-state index in [9.17, 15) is 14.7 Å². The minimum absolute atomic E-state index is 0.0269. The van der Waals surface area contributed by atoms with Crippen LogP contribution in [-0.4, -0.2) is 91.4 Å². The molecule has 0 saturated heterocycles. The molecule has 2 aromatic rings. The predicted molar refractivity (Wildman–Crippen MR) is 127 cm³/mol. The number of aliphatic hydroxyl groups is 1. The molecule has 0 saturated carbocycles. The molecule has 2 amide bonds. The van der Waals surface area contributed by atoms with Gasteiger partial charge in [-0.25, -0.2) is 4.98 Å². The summed E-state index contributed by atoms with van der Waals surface area (Å²) < 4.78 is 16.7. The summed E-state index contributed by atoms with van der Waals surface area (Å²) in [6.07, 6.45) is 1.23. The van der Waals surface area contributed by atoms with E-state index in [2.05, 4.69) is 4.98 Å². The minimum atomic E-state index is -0.421. The maximum atomic E-state index is 13.6. The first-order valence-electron chi connectivity index (χ1n) is 11.3. The molecule has 1 aliphatic heterocycles. The van der Waals surface area contributed by atoms with Crippen molar-refractivity contribution >= 4 is 11.8 Å². The highest BCUT2D eigenvalue weighted by atomic mass is 16.5. The second kappa shape index (κ2) is 11.3. The van der Waals surface area contributed by atoms with Gasteiger partial charge in [0.25, 0.3) is 5.91 Å². The van der Waals surface area contributed by atoms with Gasteiger partial charge in [-0.2, -0.15) is 0 Å². The van der Waals surface area contributed by atoms with Crippen LogP contribution in [0, 0.1) is 5.92 Å². The normalized spacial score (nSPS) is 18.9. The monoisotopic (exact) mass is 471 g/mol. The summed E-state index contributed by atoms with van der Waals surface area (Å²) in [7, 11) is 4.75. The number of carbonyl (C=O) groups excluding carboxylic acids is 2. The Balaban J connectivity index is 2.04. The number of hydrogen-bond acceptors (Lipinski definition) is 7. The molecular formula is C25H33N3O6. The van der Waals surface area contributed by atoms with E-state index < -0.39 is 12.1 Å². The van der Waals surface area contributed by atoms with Gasteiger partial charge in [0.1, 0.15) is 24.0 Å². The third-order valence-corrected chi connectivity index (χ3v) is 6.09. The highest BCUT2D eigenvalue weighted by Crippen LogP contribution is 2.34. The summed E-state index contributed by atoms with van der Waals surface area (Å²) in [4.78, 5) is 33.5. The van der Waals surface area contributed by atoms with Crippen molar-refractivity contribution in [2.24, 2.45) is 5.92 Å². The lowest BCUT2D eigenvalue weighted by atomic mass is 9.99. The number of aromatic nitrogens is 1. The molecule has 0 bridgehead atoms. The summed E-state index contributed by atoms with van der Waals surface area (Å²) in [5.41, 5.74) is 1.81. The van der Waals surface area contributed by atoms with Crippen LogP contribution in [0.15, 0.2) is 36.5 Å². The first-order chi connectivity index (χ1) is 16.3. The lowest BCUT2D eigenvalue weighted by Gasteiger charge is -2.37. The Morgan fingerprint density at radius 3 is 2.74 bits per heavy atom. The molecule has 0 unspecified atom stereocenters. The Kier molecular flexibility index (Phi) is 8.46. The van der Waals surface area contributed by atoms with Gasteiger partial charge in [0, 0.05) is 43.9 Å². The summed E-state index contributed by atoms with van der Waals surface area (Å²) in [5, 5.41) is 9.82. The zero-order chi connectivity index (χ0) is 24.8. The molecule has 34 heavy (non-hydrogen) atoms. The van der Waals surface area contributed by atoms with Crippen LogP contribution < -0.4 is 9.47 Å². The fourth-order valence-corrected chi connectivity index (χ4v) is 3.96. The molecule has 0 radical (unpaired) electrons. The van der Waals surface area contributed by atoms with Crippen molar-refractivity contribution < 1.29 is 28.9 Å². The average molecular weight is 472 g/mol. The maximum Gasteiger partial charge on any atom is 0.259 e.